The van der Waals surface area contributed by atoms with Crippen LogP contribution in [0.3, 0.4) is 0 Å². The zero-order valence-electron chi connectivity index (χ0n) is 7.49. The minimum Gasteiger partial charge on any atom is -0.478 e. The molecule has 3 unspecified atom stereocenters. The van der Waals surface area contributed by atoms with Crippen molar-refractivity contribution in [3.63, 3.8) is 0 Å². The molecule has 3 heteroatoms. The second-order valence-corrected chi connectivity index (χ2v) is 3.56. The van der Waals surface area contributed by atoms with Crippen LogP contribution in [0.2, 0.25) is 0 Å². The van der Waals surface area contributed by atoms with Gasteiger partial charge in [-0.1, -0.05) is 6.92 Å². The van der Waals surface area contributed by atoms with E-state index in [0.29, 0.717) is 18.2 Å². The molecule has 0 aromatic rings. The predicted molar refractivity (Wildman–Crippen MR) is 48.5 cm³/mol. The summed E-state index contributed by atoms with van der Waals surface area (Å²) in [5.41, 5.74) is 0. The fraction of sp³-hybridized carbons (Fsp3) is 0.889. The molecule has 0 bridgehead atoms. The Hall–Kier alpha value is -0.570. The quantitative estimate of drug-likeness (QED) is 0.666. The first-order valence-corrected chi connectivity index (χ1v) is 4.80. The van der Waals surface area contributed by atoms with E-state index in [0.717, 1.165) is 13.0 Å². The molecule has 1 N–H and O–H groups in total. The van der Waals surface area contributed by atoms with Crippen molar-refractivity contribution in [1.82, 2.24) is 5.32 Å². The maximum absolute atomic E-state index is 5.40. The van der Waals surface area contributed by atoms with Gasteiger partial charge in [0, 0.05) is 12.5 Å². The van der Waals surface area contributed by atoms with Gasteiger partial charge in [0.05, 0.1) is 6.04 Å². The zero-order valence-corrected chi connectivity index (χ0v) is 7.49. The molecule has 1 aliphatic heterocycles. The Bertz CT molecular complexity index is 181. The first kappa shape index (κ1) is 8.05. The molecule has 2 aliphatic rings. The van der Waals surface area contributed by atoms with E-state index in [1.165, 1.54) is 12.8 Å². The smallest absolute Gasteiger partial charge is 0.170 e. The molecule has 1 heterocycles. The van der Waals surface area contributed by atoms with Crippen LogP contribution in [-0.2, 0) is 4.74 Å². The SMILES string of the molecule is CCNC1CCC2N=COC2C1. The average molecular weight is 168 g/mol. The van der Waals surface area contributed by atoms with Gasteiger partial charge in [0.25, 0.3) is 0 Å². The molecule has 3 nitrogen and oxygen atoms in total. The second kappa shape index (κ2) is 3.44. The summed E-state index contributed by atoms with van der Waals surface area (Å²) in [6.07, 6.45) is 5.54. The lowest BCUT2D eigenvalue weighted by atomic mass is 9.89. The number of ether oxygens (including phenoxy) is 1. The Morgan fingerprint density at radius 1 is 1.58 bits per heavy atom. The van der Waals surface area contributed by atoms with Crippen LogP contribution < -0.4 is 5.32 Å². The van der Waals surface area contributed by atoms with E-state index in [9.17, 15) is 0 Å². The molecule has 0 saturated heterocycles. The van der Waals surface area contributed by atoms with Gasteiger partial charge in [0.2, 0.25) is 0 Å². The van der Waals surface area contributed by atoms with E-state index < -0.39 is 0 Å². The first-order valence-electron chi connectivity index (χ1n) is 4.80. The Morgan fingerprint density at radius 3 is 3.33 bits per heavy atom. The van der Waals surface area contributed by atoms with E-state index in [4.69, 9.17) is 4.74 Å². The highest BCUT2D eigenvalue weighted by atomic mass is 16.5. The van der Waals surface area contributed by atoms with Gasteiger partial charge in [-0.2, -0.15) is 0 Å². The van der Waals surface area contributed by atoms with Crippen LogP contribution in [0.15, 0.2) is 4.99 Å². The summed E-state index contributed by atoms with van der Waals surface area (Å²) >= 11 is 0. The van der Waals surface area contributed by atoms with Crippen molar-refractivity contribution in [1.29, 1.82) is 0 Å². The number of aliphatic imine (C=N–C) groups is 1. The van der Waals surface area contributed by atoms with Crippen LogP contribution in [0.4, 0.5) is 0 Å². The topological polar surface area (TPSA) is 33.6 Å². The standard InChI is InChI=1S/C9H16N2O/c1-2-10-7-3-4-8-9(5-7)12-6-11-8/h6-10H,2-5H2,1H3. The third-order valence-electron chi connectivity index (χ3n) is 2.74. The zero-order chi connectivity index (χ0) is 8.39. The second-order valence-electron chi connectivity index (χ2n) is 3.56. The van der Waals surface area contributed by atoms with Crippen LogP contribution in [0.1, 0.15) is 26.2 Å². The third-order valence-corrected chi connectivity index (χ3v) is 2.74. The van der Waals surface area contributed by atoms with Crippen molar-refractivity contribution < 1.29 is 4.74 Å². The van der Waals surface area contributed by atoms with E-state index in [-0.39, 0.29) is 0 Å². The summed E-state index contributed by atoms with van der Waals surface area (Å²) in [6.45, 7) is 3.21. The molecule has 0 aromatic carbocycles. The summed E-state index contributed by atoms with van der Waals surface area (Å²) in [5.74, 6) is 0. The lowest BCUT2D eigenvalue weighted by Crippen LogP contribution is -2.41. The summed E-state index contributed by atoms with van der Waals surface area (Å²) in [4.78, 5) is 4.28. The van der Waals surface area contributed by atoms with Crippen molar-refractivity contribution in [3.05, 3.63) is 0 Å². The molecular weight excluding hydrogens is 152 g/mol. The van der Waals surface area contributed by atoms with Crippen molar-refractivity contribution in [2.45, 2.75) is 44.4 Å². The van der Waals surface area contributed by atoms with Crippen molar-refractivity contribution in [2.24, 2.45) is 4.99 Å². The number of hydrogen-bond acceptors (Lipinski definition) is 3. The average Bonchev–Trinajstić information content (AvgIpc) is 2.51. The molecule has 1 saturated carbocycles. The normalized spacial score (nSPS) is 39.2. The van der Waals surface area contributed by atoms with Gasteiger partial charge in [-0.3, -0.25) is 4.99 Å². The Labute approximate surface area is 73.2 Å². The molecule has 68 valence electrons. The Kier molecular flexibility index (Phi) is 2.30. The van der Waals surface area contributed by atoms with Gasteiger partial charge in [-0.25, -0.2) is 0 Å². The summed E-state index contributed by atoms with van der Waals surface area (Å²) in [6, 6.07) is 1.11. The summed E-state index contributed by atoms with van der Waals surface area (Å²) in [7, 11) is 0. The maximum Gasteiger partial charge on any atom is 0.170 e. The van der Waals surface area contributed by atoms with Crippen molar-refractivity contribution >= 4 is 6.40 Å². The van der Waals surface area contributed by atoms with Crippen molar-refractivity contribution in [2.75, 3.05) is 6.54 Å². The highest BCUT2D eigenvalue weighted by molar-refractivity contribution is 5.50. The van der Waals surface area contributed by atoms with Gasteiger partial charge < -0.3 is 10.1 Å². The number of hydrogen-bond donors (Lipinski definition) is 1. The highest BCUT2D eigenvalue weighted by Crippen LogP contribution is 2.26. The van der Waals surface area contributed by atoms with E-state index >= 15 is 0 Å². The predicted octanol–water partition coefficient (Wildman–Crippen LogP) is 0.944. The summed E-state index contributed by atoms with van der Waals surface area (Å²) < 4.78 is 5.40. The van der Waals surface area contributed by atoms with Gasteiger partial charge in [-0.05, 0) is 19.4 Å². The molecule has 0 spiro atoms. The van der Waals surface area contributed by atoms with Crippen molar-refractivity contribution in [3.8, 4) is 0 Å². The number of nitrogens with zero attached hydrogens (tertiary/aromatic N) is 1. The third kappa shape index (κ3) is 1.46. The van der Waals surface area contributed by atoms with Gasteiger partial charge in [0.15, 0.2) is 6.40 Å². The van der Waals surface area contributed by atoms with Crippen LogP contribution in [0.5, 0.6) is 0 Å². The Balaban J connectivity index is 1.86. The van der Waals surface area contributed by atoms with Gasteiger partial charge >= 0.3 is 0 Å². The van der Waals surface area contributed by atoms with Crippen LogP contribution in [-0.4, -0.2) is 31.1 Å². The lowest BCUT2D eigenvalue weighted by molar-refractivity contribution is 0.137. The first-order chi connectivity index (χ1) is 5.90. The highest BCUT2D eigenvalue weighted by Gasteiger charge is 2.33. The van der Waals surface area contributed by atoms with E-state index in [1.807, 2.05) is 0 Å². The van der Waals surface area contributed by atoms with E-state index in [1.54, 1.807) is 6.40 Å². The lowest BCUT2D eigenvalue weighted by Gasteiger charge is -2.29. The molecule has 0 radical (unpaired) electrons. The molecule has 1 aliphatic carbocycles. The number of nitrogens with one attached hydrogen (secondary N) is 1. The minimum atomic E-state index is 0.364. The molecule has 0 amide bonds. The van der Waals surface area contributed by atoms with Crippen LogP contribution >= 0.6 is 0 Å². The number of fused-ring (bicyclic) bond motifs is 1. The monoisotopic (exact) mass is 168 g/mol. The van der Waals surface area contributed by atoms with Crippen LogP contribution in [0.25, 0.3) is 0 Å². The molecule has 0 aromatic heterocycles. The minimum absolute atomic E-state index is 0.364. The Morgan fingerprint density at radius 2 is 2.50 bits per heavy atom. The van der Waals surface area contributed by atoms with Gasteiger partial charge in [0.1, 0.15) is 6.10 Å². The molecular formula is C9H16N2O. The largest absolute Gasteiger partial charge is 0.478 e. The summed E-state index contributed by atoms with van der Waals surface area (Å²) in [5, 5.41) is 3.46. The molecule has 3 atom stereocenters. The van der Waals surface area contributed by atoms with Crippen LogP contribution in [0, 0.1) is 0 Å². The fourth-order valence-electron chi connectivity index (χ4n) is 2.10. The number of rotatable bonds is 2. The molecule has 1 fully saturated rings. The maximum atomic E-state index is 5.40. The fourth-order valence-corrected chi connectivity index (χ4v) is 2.10. The van der Waals surface area contributed by atoms with Gasteiger partial charge in [-0.15, -0.1) is 0 Å². The molecule has 2 rings (SSSR count). The van der Waals surface area contributed by atoms with E-state index in [2.05, 4.69) is 17.2 Å². The molecule has 12 heavy (non-hydrogen) atoms.